The van der Waals surface area contributed by atoms with Gasteiger partial charge in [0.15, 0.2) is 5.78 Å². The average Bonchev–Trinajstić information content (AvgIpc) is 2.74. The highest BCUT2D eigenvalue weighted by Gasteiger charge is 2.33. The Kier molecular flexibility index (Phi) is 4.84. The summed E-state index contributed by atoms with van der Waals surface area (Å²) in [6.07, 6.45) is 7.78. The molecule has 0 bridgehead atoms. The minimum Gasteiger partial charge on any atom is -0.465 e. The van der Waals surface area contributed by atoms with Gasteiger partial charge >= 0.3 is 5.97 Å². The Morgan fingerprint density at radius 1 is 1.13 bits per heavy atom. The molecule has 3 rings (SSSR count). The molecular formula is C20H26O3. The molecule has 0 aliphatic heterocycles. The first-order chi connectivity index (χ1) is 11.1. The first kappa shape index (κ1) is 16.2. The number of carbonyl (C=O) groups is 2. The summed E-state index contributed by atoms with van der Waals surface area (Å²) in [5.41, 5.74) is 2.40. The van der Waals surface area contributed by atoms with Gasteiger partial charge in [-0.3, -0.25) is 4.79 Å². The van der Waals surface area contributed by atoms with Crippen LogP contribution < -0.4 is 0 Å². The lowest BCUT2D eigenvalue weighted by Gasteiger charge is -2.31. The first-order valence-electron chi connectivity index (χ1n) is 8.85. The molecule has 3 heteroatoms. The molecule has 0 amide bonds. The van der Waals surface area contributed by atoms with E-state index in [1.807, 2.05) is 12.1 Å². The van der Waals surface area contributed by atoms with E-state index in [9.17, 15) is 9.59 Å². The fourth-order valence-corrected chi connectivity index (χ4v) is 4.27. The molecule has 2 aliphatic carbocycles. The summed E-state index contributed by atoms with van der Waals surface area (Å²) in [4.78, 5) is 24.8. The molecule has 1 fully saturated rings. The van der Waals surface area contributed by atoms with E-state index in [4.69, 9.17) is 4.74 Å². The standard InChI is InChI=1S/C20H26O3/c1-13-6-8-14(9-7-13)17-5-3-4-15-12-16(20(22)23-2)10-11-18(15)19(17)21/h10-14,17H,3-9H2,1-2H3/t13-,14+,17?. The number of rotatable bonds is 2. The van der Waals surface area contributed by atoms with Gasteiger partial charge in [-0.25, -0.2) is 4.79 Å². The van der Waals surface area contributed by atoms with E-state index < -0.39 is 0 Å². The highest BCUT2D eigenvalue weighted by Crippen LogP contribution is 2.39. The van der Waals surface area contributed by atoms with Gasteiger partial charge in [-0.15, -0.1) is 0 Å². The topological polar surface area (TPSA) is 43.4 Å². The zero-order valence-corrected chi connectivity index (χ0v) is 14.1. The van der Waals surface area contributed by atoms with Gasteiger partial charge in [0, 0.05) is 11.5 Å². The van der Waals surface area contributed by atoms with E-state index in [-0.39, 0.29) is 11.9 Å². The summed E-state index contributed by atoms with van der Waals surface area (Å²) in [5.74, 6) is 1.50. The third kappa shape index (κ3) is 3.34. The third-order valence-corrected chi connectivity index (χ3v) is 5.72. The van der Waals surface area contributed by atoms with Crippen LogP contribution in [0.25, 0.3) is 0 Å². The summed E-state index contributed by atoms with van der Waals surface area (Å²) in [5, 5.41) is 0. The number of methoxy groups -OCH3 is 1. The van der Waals surface area contributed by atoms with Crippen LogP contribution >= 0.6 is 0 Å². The van der Waals surface area contributed by atoms with Crippen LogP contribution in [0.2, 0.25) is 0 Å². The summed E-state index contributed by atoms with van der Waals surface area (Å²) in [7, 11) is 1.39. The molecule has 2 aliphatic rings. The predicted octanol–water partition coefficient (Wildman–Crippen LogP) is 4.43. The van der Waals surface area contributed by atoms with Gasteiger partial charge in [0.1, 0.15) is 0 Å². The van der Waals surface area contributed by atoms with E-state index in [2.05, 4.69) is 6.92 Å². The predicted molar refractivity (Wildman–Crippen MR) is 89.7 cm³/mol. The lowest BCUT2D eigenvalue weighted by molar-refractivity contribution is 0.0600. The highest BCUT2D eigenvalue weighted by atomic mass is 16.5. The van der Waals surface area contributed by atoms with Crippen molar-refractivity contribution in [1.82, 2.24) is 0 Å². The second kappa shape index (κ2) is 6.86. The first-order valence-corrected chi connectivity index (χ1v) is 8.85. The minimum atomic E-state index is -0.331. The van der Waals surface area contributed by atoms with Crippen LogP contribution in [-0.2, 0) is 11.2 Å². The number of hydrogen-bond donors (Lipinski definition) is 0. The van der Waals surface area contributed by atoms with Crippen molar-refractivity contribution in [3.8, 4) is 0 Å². The van der Waals surface area contributed by atoms with Crippen LogP contribution in [-0.4, -0.2) is 18.9 Å². The van der Waals surface area contributed by atoms with Crippen molar-refractivity contribution in [1.29, 1.82) is 0 Å². The average molecular weight is 314 g/mol. The molecule has 1 unspecified atom stereocenters. The fraction of sp³-hybridized carbons (Fsp3) is 0.600. The molecule has 23 heavy (non-hydrogen) atoms. The zero-order chi connectivity index (χ0) is 16.4. The van der Waals surface area contributed by atoms with E-state index in [1.54, 1.807) is 6.07 Å². The fourth-order valence-electron chi connectivity index (χ4n) is 4.27. The summed E-state index contributed by atoms with van der Waals surface area (Å²) in [6, 6.07) is 5.42. The smallest absolute Gasteiger partial charge is 0.337 e. The largest absolute Gasteiger partial charge is 0.465 e. The molecule has 1 atom stereocenters. The van der Waals surface area contributed by atoms with Crippen molar-refractivity contribution in [3.05, 3.63) is 34.9 Å². The number of hydrogen-bond acceptors (Lipinski definition) is 3. The maximum absolute atomic E-state index is 13.1. The Labute approximate surface area is 138 Å². The molecule has 1 saturated carbocycles. The van der Waals surface area contributed by atoms with E-state index >= 15 is 0 Å². The van der Waals surface area contributed by atoms with Crippen molar-refractivity contribution in [2.24, 2.45) is 17.8 Å². The molecule has 0 saturated heterocycles. The van der Waals surface area contributed by atoms with Crippen molar-refractivity contribution in [2.45, 2.75) is 51.9 Å². The van der Waals surface area contributed by atoms with Crippen LogP contribution in [0, 0.1) is 17.8 Å². The number of ketones is 1. The van der Waals surface area contributed by atoms with Crippen LogP contribution in [0.3, 0.4) is 0 Å². The van der Waals surface area contributed by atoms with Crippen molar-refractivity contribution < 1.29 is 14.3 Å². The van der Waals surface area contributed by atoms with Gasteiger partial charge in [0.2, 0.25) is 0 Å². The molecule has 0 N–H and O–H groups in total. The lowest BCUT2D eigenvalue weighted by atomic mass is 9.73. The van der Waals surface area contributed by atoms with Gasteiger partial charge < -0.3 is 4.74 Å². The minimum absolute atomic E-state index is 0.174. The Hall–Kier alpha value is -1.64. The lowest BCUT2D eigenvalue weighted by Crippen LogP contribution is -2.27. The number of ether oxygens (including phenoxy) is 1. The molecule has 1 aromatic carbocycles. The molecule has 0 aromatic heterocycles. The van der Waals surface area contributed by atoms with Gasteiger partial charge in [0.25, 0.3) is 0 Å². The van der Waals surface area contributed by atoms with Crippen molar-refractivity contribution in [3.63, 3.8) is 0 Å². The van der Waals surface area contributed by atoms with Gasteiger partial charge in [-0.05, 0) is 61.6 Å². The van der Waals surface area contributed by atoms with E-state index in [0.717, 1.165) is 36.3 Å². The Balaban J connectivity index is 1.84. The van der Waals surface area contributed by atoms with Crippen LogP contribution in [0.1, 0.15) is 71.7 Å². The molecule has 1 aromatic rings. The molecule has 0 heterocycles. The van der Waals surface area contributed by atoms with Gasteiger partial charge in [0.05, 0.1) is 12.7 Å². The molecule has 124 valence electrons. The maximum Gasteiger partial charge on any atom is 0.337 e. The van der Waals surface area contributed by atoms with Crippen molar-refractivity contribution in [2.75, 3.05) is 7.11 Å². The Bertz CT molecular complexity index is 597. The second-order valence-corrected chi connectivity index (χ2v) is 7.25. The summed E-state index contributed by atoms with van der Waals surface area (Å²) >= 11 is 0. The number of Topliss-reactive ketones (excluding diaryl/α,β-unsaturated/α-hetero) is 1. The van der Waals surface area contributed by atoms with Gasteiger partial charge in [-0.2, -0.15) is 0 Å². The van der Waals surface area contributed by atoms with Crippen molar-refractivity contribution >= 4 is 11.8 Å². The van der Waals surface area contributed by atoms with Crippen LogP contribution in [0.4, 0.5) is 0 Å². The maximum atomic E-state index is 13.1. The SMILES string of the molecule is COC(=O)c1ccc2c(c1)CCCC([C@H]1CC[C@@H](C)CC1)C2=O. The number of aryl methyl sites for hydroxylation is 1. The number of carbonyl (C=O) groups excluding carboxylic acids is 2. The van der Waals surface area contributed by atoms with E-state index in [0.29, 0.717) is 17.3 Å². The molecular weight excluding hydrogens is 288 g/mol. The molecule has 0 radical (unpaired) electrons. The highest BCUT2D eigenvalue weighted by molar-refractivity contribution is 6.01. The zero-order valence-electron chi connectivity index (χ0n) is 14.1. The Morgan fingerprint density at radius 3 is 2.57 bits per heavy atom. The number of benzene rings is 1. The van der Waals surface area contributed by atoms with Crippen LogP contribution in [0.15, 0.2) is 18.2 Å². The monoisotopic (exact) mass is 314 g/mol. The third-order valence-electron chi connectivity index (χ3n) is 5.72. The molecule has 3 nitrogen and oxygen atoms in total. The molecule has 0 spiro atoms. The summed E-state index contributed by atoms with van der Waals surface area (Å²) < 4.78 is 4.79. The second-order valence-electron chi connectivity index (χ2n) is 7.25. The quantitative estimate of drug-likeness (QED) is 0.599. The normalized spacial score (nSPS) is 27.9. The number of fused-ring (bicyclic) bond motifs is 1. The van der Waals surface area contributed by atoms with Crippen LogP contribution in [0.5, 0.6) is 0 Å². The van der Waals surface area contributed by atoms with E-state index in [1.165, 1.54) is 32.8 Å². The Morgan fingerprint density at radius 2 is 1.87 bits per heavy atom. The van der Waals surface area contributed by atoms with Gasteiger partial charge in [-0.1, -0.05) is 25.8 Å². The summed E-state index contributed by atoms with van der Waals surface area (Å²) in [6.45, 7) is 2.31. The number of esters is 1.